The average molecular weight is 378 g/mol. The van der Waals surface area contributed by atoms with Gasteiger partial charge < -0.3 is 5.32 Å². The first-order valence-electron chi connectivity index (χ1n) is 9.15. The third kappa shape index (κ3) is 5.66. The number of carbonyl (C=O) groups is 1. The Morgan fingerprint density at radius 3 is 2.59 bits per heavy atom. The fraction of sp³-hybridized carbons (Fsp3) is 0.227. The van der Waals surface area contributed by atoms with E-state index in [1.165, 1.54) is 0 Å². The summed E-state index contributed by atoms with van der Waals surface area (Å²) in [5, 5.41) is 12.4. The first kappa shape index (κ1) is 19.1. The number of carbonyl (C=O) groups excluding carboxylic acids is 1. The van der Waals surface area contributed by atoms with Gasteiger partial charge in [-0.3, -0.25) is 4.79 Å². The van der Waals surface area contributed by atoms with Gasteiger partial charge in [0.25, 0.3) is 5.91 Å². The van der Waals surface area contributed by atoms with Crippen LogP contribution in [0.5, 0.6) is 0 Å². The molecule has 0 radical (unpaired) electrons. The standard InChI is InChI=1S/C22H23N3OS/c1-2-3-14-23-22(26)19-11-7-8-17(15-19)16-27-21-13-12-20(24-25-21)18-9-5-4-6-10-18/h4-13,15H,2-3,14,16H2,1H3,(H,23,26). The van der Waals surface area contributed by atoms with Crippen molar-refractivity contribution in [3.8, 4) is 11.3 Å². The van der Waals surface area contributed by atoms with Crippen molar-refractivity contribution >= 4 is 17.7 Å². The van der Waals surface area contributed by atoms with E-state index >= 15 is 0 Å². The smallest absolute Gasteiger partial charge is 0.251 e. The summed E-state index contributed by atoms with van der Waals surface area (Å²) in [6.45, 7) is 2.83. The molecule has 0 spiro atoms. The van der Waals surface area contributed by atoms with Gasteiger partial charge in [0.1, 0.15) is 5.03 Å². The largest absolute Gasteiger partial charge is 0.352 e. The van der Waals surface area contributed by atoms with Crippen molar-refractivity contribution < 1.29 is 4.79 Å². The van der Waals surface area contributed by atoms with Gasteiger partial charge >= 0.3 is 0 Å². The third-order valence-corrected chi connectivity index (χ3v) is 5.09. The molecule has 138 valence electrons. The Balaban J connectivity index is 1.58. The molecule has 0 bridgehead atoms. The number of rotatable bonds is 8. The van der Waals surface area contributed by atoms with Crippen LogP contribution in [0.2, 0.25) is 0 Å². The van der Waals surface area contributed by atoms with Gasteiger partial charge in [-0.1, -0.05) is 67.6 Å². The second kappa shape index (κ2) is 9.88. The zero-order valence-electron chi connectivity index (χ0n) is 15.4. The number of hydrogen-bond donors (Lipinski definition) is 1. The highest BCUT2D eigenvalue weighted by Crippen LogP contribution is 2.23. The molecule has 0 aliphatic carbocycles. The SMILES string of the molecule is CCCCNC(=O)c1cccc(CSc2ccc(-c3ccccc3)nn2)c1. The summed E-state index contributed by atoms with van der Waals surface area (Å²) in [5.41, 5.74) is 3.72. The van der Waals surface area contributed by atoms with E-state index in [0.29, 0.717) is 5.56 Å². The summed E-state index contributed by atoms with van der Waals surface area (Å²) in [5.74, 6) is 0.734. The van der Waals surface area contributed by atoms with Crippen LogP contribution in [0.4, 0.5) is 0 Å². The van der Waals surface area contributed by atoms with Crippen LogP contribution in [0, 0.1) is 0 Å². The number of unbranched alkanes of at least 4 members (excludes halogenated alkanes) is 1. The number of aromatic nitrogens is 2. The van der Waals surface area contributed by atoms with Crippen molar-refractivity contribution in [2.75, 3.05) is 6.54 Å². The minimum Gasteiger partial charge on any atom is -0.352 e. The van der Waals surface area contributed by atoms with Gasteiger partial charge in [0, 0.05) is 23.4 Å². The molecule has 27 heavy (non-hydrogen) atoms. The van der Waals surface area contributed by atoms with Gasteiger partial charge in [-0.25, -0.2) is 0 Å². The molecule has 1 aromatic heterocycles. The molecule has 0 aliphatic heterocycles. The lowest BCUT2D eigenvalue weighted by molar-refractivity contribution is 0.0953. The second-order valence-corrected chi connectivity index (χ2v) is 7.22. The molecule has 0 fully saturated rings. The number of hydrogen-bond acceptors (Lipinski definition) is 4. The van der Waals surface area contributed by atoms with E-state index in [1.807, 2.05) is 66.7 Å². The van der Waals surface area contributed by atoms with Crippen LogP contribution >= 0.6 is 11.8 Å². The van der Waals surface area contributed by atoms with Crippen molar-refractivity contribution in [2.24, 2.45) is 0 Å². The lowest BCUT2D eigenvalue weighted by atomic mass is 10.1. The van der Waals surface area contributed by atoms with Crippen LogP contribution in [0.15, 0.2) is 71.8 Å². The quantitative estimate of drug-likeness (QED) is 0.445. The molecule has 0 atom stereocenters. The summed E-state index contributed by atoms with van der Waals surface area (Å²) in [6, 6.07) is 21.7. The first-order valence-corrected chi connectivity index (χ1v) is 10.1. The van der Waals surface area contributed by atoms with E-state index in [4.69, 9.17) is 0 Å². The zero-order valence-corrected chi connectivity index (χ0v) is 16.2. The number of benzene rings is 2. The van der Waals surface area contributed by atoms with Crippen molar-refractivity contribution in [1.29, 1.82) is 0 Å². The van der Waals surface area contributed by atoms with E-state index < -0.39 is 0 Å². The third-order valence-electron chi connectivity index (χ3n) is 4.10. The first-order chi connectivity index (χ1) is 13.3. The van der Waals surface area contributed by atoms with E-state index in [2.05, 4.69) is 22.4 Å². The predicted molar refractivity (Wildman–Crippen MR) is 111 cm³/mol. The molecular weight excluding hydrogens is 354 g/mol. The molecule has 0 saturated carbocycles. The van der Waals surface area contributed by atoms with Crippen LogP contribution in [-0.4, -0.2) is 22.6 Å². The molecule has 1 N–H and O–H groups in total. The Hall–Kier alpha value is -2.66. The maximum absolute atomic E-state index is 12.2. The average Bonchev–Trinajstić information content (AvgIpc) is 2.73. The molecule has 3 rings (SSSR count). The van der Waals surface area contributed by atoms with Crippen LogP contribution in [0.3, 0.4) is 0 Å². The van der Waals surface area contributed by atoms with Crippen LogP contribution in [0.1, 0.15) is 35.7 Å². The Morgan fingerprint density at radius 2 is 1.85 bits per heavy atom. The minimum atomic E-state index is -0.0118. The monoisotopic (exact) mass is 377 g/mol. The molecule has 3 aromatic rings. The molecule has 0 aliphatic rings. The summed E-state index contributed by atoms with van der Waals surface area (Å²) < 4.78 is 0. The van der Waals surface area contributed by atoms with Crippen molar-refractivity contribution in [3.05, 3.63) is 77.9 Å². The van der Waals surface area contributed by atoms with Gasteiger partial charge in [-0.05, 0) is 36.2 Å². The highest BCUT2D eigenvalue weighted by molar-refractivity contribution is 7.98. The highest BCUT2D eigenvalue weighted by Gasteiger charge is 2.07. The Labute approximate surface area is 164 Å². The lowest BCUT2D eigenvalue weighted by Crippen LogP contribution is -2.24. The van der Waals surface area contributed by atoms with E-state index in [1.54, 1.807) is 11.8 Å². The molecular formula is C22H23N3OS. The second-order valence-electron chi connectivity index (χ2n) is 6.22. The van der Waals surface area contributed by atoms with Gasteiger partial charge in [-0.2, -0.15) is 0 Å². The predicted octanol–water partition coefficient (Wildman–Crippen LogP) is 4.97. The Kier molecular flexibility index (Phi) is 6.99. The van der Waals surface area contributed by atoms with Gasteiger partial charge in [0.05, 0.1) is 5.69 Å². The Morgan fingerprint density at radius 1 is 1.00 bits per heavy atom. The number of nitrogens with zero attached hydrogens (tertiary/aromatic N) is 2. The summed E-state index contributed by atoms with van der Waals surface area (Å²) >= 11 is 1.61. The van der Waals surface area contributed by atoms with Crippen LogP contribution in [-0.2, 0) is 5.75 Å². The maximum atomic E-state index is 12.2. The number of nitrogens with one attached hydrogen (secondary N) is 1. The number of amides is 1. The lowest BCUT2D eigenvalue weighted by Gasteiger charge is -2.07. The van der Waals surface area contributed by atoms with Crippen molar-refractivity contribution in [2.45, 2.75) is 30.5 Å². The van der Waals surface area contributed by atoms with Gasteiger partial charge in [-0.15, -0.1) is 10.2 Å². The molecule has 1 heterocycles. The topological polar surface area (TPSA) is 54.9 Å². The fourth-order valence-electron chi connectivity index (χ4n) is 2.60. The number of thioether (sulfide) groups is 1. The van der Waals surface area contributed by atoms with E-state index in [0.717, 1.165) is 47.0 Å². The van der Waals surface area contributed by atoms with E-state index in [-0.39, 0.29) is 5.91 Å². The van der Waals surface area contributed by atoms with Crippen LogP contribution < -0.4 is 5.32 Å². The molecule has 0 unspecified atom stereocenters. The molecule has 0 saturated heterocycles. The fourth-order valence-corrected chi connectivity index (χ4v) is 3.36. The summed E-state index contributed by atoms with van der Waals surface area (Å²) in [7, 11) is 0. The zero-order chi connectivity index (χ0) is 18.9. The summed E-state index contributed by atoms with van der Waals surface area (Å²) in [4.78, 5) is 12.2. The van der Waals surface area contributed by atoms with Crippen molar-refractivity contribution in [3.63, 3.8) is 0 Å². The summed E-state index contributed by atoms with van der Waals surface area (Å²) in [6.07, 6.45) is 2.07. The van der Waals surface area contributed by atoms with Gasteiger partial charge in [0.15, 0.2) is 0 Å². The molecule has 4 nitrogen and oxygen atoms in total. The van der Waals surface area contributed by atoms with Crippen LogP contribution in [0.25, 0.3) is 11.3 Å². The maximum Gasteiger partial charge on any atom is 0.251 e. The highest BCUT2D eigenvalue weighted by atomic mass is 32.2. The molecule has 2 aromatic carbocycles. The van der Waals surface area contributed by atoms with Crippen molar-refractivity contribution in [1.82, 2.24) is 15.5 Å². The minimum absolute atomic E-state index is 0.0118. The van der Waals surface area contributed by atoms with E-state index in [9.17, 15) is 4.79 Å². The molecule has 5 heteroatoms. The normalized spacial score (nSPS) is 10.6. The Bertz CT molecular complexity index is 866. The van der Waals surface area contributed by atoms with Gasteiger partial charge in [0.2, 0.25) is 0 Å². The molecule has 1 amide bonds.